The second-order valence-electron chi connectivity index (χ2n) is 8.88. The quantitative estimate of drug-likeness (QED) is 0.0196. The van der Waals surface area contributed by atoms with E-state index in [1.165, 1.54) is 0 Å². The number of phenolic OH excluding ortho intramolecular Hbond substituents is 1. The van der Waals surface area contributed by atoms with Gasteiger partial charge in [-0.25, -0.2) is 33.7 Å². The van der Waals surface area contributed by atoms with Crippen LogP contribution in [0.3, 0.4) is 0 Å². The third-order valence-corrected chi connectivity index (χ3v) is 10.7. The SMILES string of the molecule is Nc1c(S(=O)(=O)[O-])cc2cc(S(=O)(=O)[O-])cc(O)c2c1N=Nc1ccc2cc(S(=O)(=O)CCOSOO[O-])ccc2c1S(=O)(=O)[O-].[Na+].[Na+].[Na+].[Na+]. The van der Waals surface area contributed by atoms with Crippen molar-refractivity contribution in [1.29, 1.82) is 0 Å². The Kier molecular flexibility index (Phi) is 20.1. The van der Waals surface area contributed by atoms with E-state index < -0.39 is 101 Å². The van der Waals surface area contributed by atoms with E-state index in [0.29, 0.717) is 18.2 Å². The minimum absolute atomic E-state index is 0. The molecule has 4 aromatic carbocycles. The fraction of sp³-hybridized carbons (Fsp3) is 0.0909. The fourth-order valence-electron chi connectivity index (χ4n) is 4.15. The first-order valence-corrected chi connectivity index (χ1v) is 18.2. The fourth-order valence-corrected chi connectivity index (χ4v) is 7.58. The number of nitrogens with zero attached hydrogens (tertiary/aromatic N) is 2. The van der Waals surface area contributed by atoms with Gasteiger partial charge in [-0.2, -0.15) is 0 Å². The van der Waals surface area contributed by atoms with Crippen LogP contribution in [-0.2, 0) is 53.7 Å². The summed E-state index contributed by atoms with van der Waals surface area (Å²) in [5.41, 5.74) is 3.47. The van der Waals surface area contributed by atoms with Crippen LogP contribution in [0.15, 0.2) is 78.3 Å². The molecule has 0 saturated heterocycles. The number of rotatable bonds is 12. The van der Waals surface area contributed by atoms with Gasteiger partial charge in [0.25, 0.3) is 0 Å². The van der Waals surface area contributed by atoms with E-state index in [-0.39, 0.29) is 146 Å². The Morgan fingerprint density at radius 2 is 1.38 bits per heavy atom. The molecule has 3 N–H and O–H groups in total. The molecule has 0 spiro atoms. The first-order valence-electron chi connectivity index (χ1n) is 11.7. The summed E-state index contributed by atoms with van der Waals surface area (Å²) in [6.45, 7) is -0.454. The third-order valence-electron chi connectivity index (χ3n) is 6.05. The molecule has 0 aliphatic heterocycles. The molecule has 28 heteroatoms. The van der Waals surface area contributed by atoms with Gasteiger partial charge in [-0.15, -0.1) is 14.6 Å². The van der Waals surface area contributed by atoms with Crippen molar-refractivity contribution in [3.8, 4) is 5.75 Å². The number of sulfone groups is 1. The molecule has 0 aliphatic rings. The maximum Gasteiger partial charge on any atom is 1.00 e. The standard InChI is InChI=1S/C22H19N3O16S5.4Na/c23-20-18(45(33,34)35)9-12-8-14(44(30,31)32)10-17(26)19(12)21(20)25-24-16-4-1-11-7-13(2-3-15(11)22(16)46(36,37)38)43(28,29)6-5-39-42-41-40-27;;;;/h1-4,7-10,26-27H,5-6,23H2,(H,30,31,32)(H,33,34,35)(H,36,37,38);;;;/q;4*+1/p-4. The van der Waals surface area contributed by atoms with Gasteiger partial charge in [0.1, 0.15) is 47.5 Å². The molecule has 4 aromatic rings. The summed E-state index contributed by atoms with van der Waals surface area (Å²) >= 11 is 0.0828. The number of aromatic hydroxyl groups is 1. The molecule has 0 amide bonds. The Morgan fingerprint density at radius 1 is 0.760 bits per heavy atom. The van der Waals surface area contributed by atoms with Crippen LogP contribution in [0.2, 0.25) is 0 Å². The molecule has 0 heterocycles. The zero-order valence-electron chi connectivity index (χ0n) is 26.1. The van der Waals surface area contributed by atoms with Crippen LogP contribution in [0.4, 0.5) is 17.1 Å². The topological polar surface area (TPSA) is 327 Å². The van der Waals surface area contributed by atoms with Crippen LogP contribution in [0.25, 0.3) is 21.5 Å². The molecule has 0 unspecified atom stereocenters. The van der Waals surface area contributed by atoms with Crippen LogP contribution in [0, 0.1) is 0 Å². The first-order chi connectivity index (χ1) is 21.3. The molecule has 0 aliphatic carbocycles. The van der Waals surface area contributed by atoms with Gasteiger partial charge in [-0.05, 0) is 47.2 Å². The number of fused-ring (bicyclic) bond motifs is 2. The van der Waals surface area contributed by atoms with E-state index in [1.807, 2.05) is 0 Å². The Bertz CT molecular complexity index is 2360. The van der Waals surface area contributed by atoms with Crippen molar-refractivity contribution >= 4 is 91.1 Å². The van der Waals surface area contributed by atoms with Crippen LogP contribution >= 0.6 is 12.3 Å². The van der Waals surface area contributed by atoms with Crippen LogP contribution in [-0.4, -0.2) is 64.8 Å². The molecule has 0 atom stereocenters. The Labute approximate surface area is 377 Å². The second kappa shape index (κ2) is 19.9. The molecule has 19 nitrogen and oxygen atoms in total. The van der Waals surface area contributed by atoms with Gasteiger partial charge >= 0.3 is 118 Å². The zero-order valence-corrected chi connectivity index (χ0v) is 38.2. The van der Waals surface area contributed by atoms with Gasteiger partial charge in [0.2, 0.25) is 0 Å². The first kappa shape index (κ1) is 50.5. The van der Waals surface area contributed by atoms with Gasteiger partial charge < -0.3 is 29.8 Å². The largest absolute Gasteiger partial charge is 1.00 e. The van der Waals surface area contributed by atoms with Crippen molar-refractivity contribution in [2.45, 2.75) is 19.6 Å². The average Bonchev–Trinajstić information content (AvgIpc) is 2.94. The van der Waals surface area contributed by atoms with Gasteiger partial charge in [-0.3, -0.25) is 9.22 Å². The predicted molar refractivity (Wildman–Crippen MR) is 150 cm³/mol. The molecule has 0 radical (unpaired) electrons. The number of benzene rings is 4. The van der Waals surface area contributed by atoms with Crippen molar-refractivity contribution in [2.75, 3.05) is 18.1 Å². The monoisotopic (exact) mass is 829 g/mol. The van der Waals surface area contributed by atoms with Gasteiger partial charge in [0, 0.05) is 5.39 Å². The molecule has 0 aromatic heterocycles. The summed E-state index contributed by atoms with van der Waals surface area (Å²) in [6.07, 6.45) is 0. The van der Waals surface area contributed by atoms with Crippen LogP contribution < -0.4 is 129 Å². The summed E-state index contributed by atoms with van der Waals surface area (Å²) in [4.78, 5) is -3.49. The van der Waals surface area contributed by atoms with Crippen molar-refractivity contribution < 1.29 is 189 Å². The number of nitrogens with two attached hydrogens (primary N) is 1. The van der Waals surface area contributed by atoms with Crippen molar-refractivity contribution in [3.05, 3.63) is 48.5 Å². The molecule has 0 bridgehead atoms. The van der Waals surface area contributed by atoms with E-state index in [9.17, 15) is 57.7 Å². The van der Waals surface area contributed by atoms with Crippen molar-refractivity contribution in [2.24, 2.45) is 10.2 Å². The van der Waals surface area contributed by atoms with E-state index in [4.69, 9.17) is 5.73 Å². The smallest absolute Gasteiger partial charge is 0.744 e. The van der Waals surface area contributed by atoms with Gasteiger partial charge in [-0.1, -0.05) is 12.1 Å². The number of nitrogen functional groups attached to an aromatic ring is 1. The van der Waals surface area contributed by atoms with E-state index in [2.05, 4.69) is 23.8 Å². The van der Waals surface area contributed by atoms with E-state index in [1.54, 1.807) is 0 Å². The molecule has 4 rings (SSSR count). The van der Waals surface area contributed by atoms with Crippen LogP contribution in [0.1, 0.15) is 0 Å². The predicted octanol–water partition coefficient (Wildman–Crippen LogP) is -11.0. The normalized spacial score (nSPS) is 12.2. The van der Waals surface area contributed by atoms with Crippen molar-refractivity contribution in [3.63, 3.8) is 0 Å². The Hall–Kier alpha value is 0.470. The number of hydrogen-bond acceptors (Lipinski definition) is 20. The number of phenols is 1. The summed E-state index contributed by atoms with van der Waals surface area (Å²) < 4.78 is 141. The van der Waals surface area contributed by atoms with E-state index in [0.717, 1.165) is 30.3 Å². The summed E-state index contributed by atoms with van der Waals surface area (Å²) in [5.74, 6) is -1.59. The molecule has 0 fully saturated rings. The minimum atomic E-state index is -5.41. The zero-order chi connectivity index (χ0) is 34.2. The van der Waals surface area contributed by atoms with Crippen LogP contribution in [0.5, 0.6) is 5.75 Å². The summed E-state index contributed by atoms with van der Waals surface area (Å²) in [5, 5.41) is 29.2. The number of anilines is 1. The van der Waals surface area contributed by atoms with Crippen molar-refractivity contribution in [1.82, 2.24) is 0 Å². The maximum absolute atomic E-state index is 12.7. The molecule has 0 saturated carbocycles. The molecular weight excluding hydrogens is 815 g/mol. The Balaban J connectivity index is 0.00000600. The molecule has 50 heavy (non-hydrogen) atoms. The molecule has 248 valence electrons. The average molecular weight is 830 g/mol. The van der Waals surface area contributed by atoms with Gasteiger partial charge in [0.05, 0.1) is 43.0 Å². The number of hydrogen-bond donors (Lipinski definition) is 2. The maximum atomic E-state index is 12.7. The number of azo groups is 1. The minimum Gasteiger partial charge on any atom is -0.744 e. The molecular formula is C22H15N3Na4O16S5. The Morgan fingerprint density at radius 3 is 1.94 bits per heavy atom. The third kappa shape index (κ3) is 12.0. The van der Waals surface area contributed by atoms with Gasteiger partial charge in [0.15, 0.2) is 22.2 Å². The summed E-state index contributed by atoms with van der Waals surface area (Å²) in [6, 6.07) is 6.79. The van der Waals surface area contributed by atoms with E-state index >= 15 is 0 Å². The summed E-state index contributed by atoms with van der Waals surface area (Å²) in [7, 11) is -20.0. The second-order valence-corrected chi connectivity index (χ2v) is 15.5.